The van der Waals surface area contributed by atoms with E-state index >= 15 is 0 Å². The summed E-state index contributed by atoms with van der Waals surface area (Å²) in [5, 5.41) is 0.333. The highest BCUT2D eigenvalue weighted by atomic mass is 16.5. The Hall–Kier alpha value is -3.15. The van der Waals surface area contributed by atoms with Gasteiger partial charge >= 0.3 is 5.97 Å². The number of carbonyl (C=O) groups is 1. The van der Waals surface area contributed by atoms with Gasteiger partial charge in [-0.15, -0.1) is 0 Å². The van der Waals surface area contributed by atoms with Crippen LogP contribution in [0, 0.1) is 0 Å². The number of nitrogens with one attached hydrogen (secondary N) is 1. The van der Waals surface area contributed by atoms with Gasteiger partial charge in [0, 0.05) is 0 Å². The van der Waals surface area contributed by atoms with E-state index in [4.69, 9.17) is 9.47 Å². The van der Waals surface area contributed by atoms with Crippen LogP contribution in [0.5, 0.6) is 5.75 Å². The zero-order valence-corrected chi connectivity index (χ0v) is 13.3. The summed E-state index contributed by atoms with van der Waals surface area (Å²) in [6.45, 7) is 2.01. The maximum atomic E-state index is 12.4. The summed E-state index contributed by atoms with van der Waals surface area (Å²) in [4.78, 5) is 31.4. The number of hydrogen-bond acceptors (Lipinski definition) is 5. The van der Waals surface area contributed by atoms with Crippen LogP contribution in [0.4, 0.5) is 0 Å². The van der Waals surface area contributed by atoms with Crippen LogP contribution in [0.25, 0.3) is 22.3 Å². The number of H-pyrrole nitrogens is 1. The Morgan fingerprint density at radius 1 is 1.21 bits per heavy atom. The predicted molar refractivity (Wildman–Crippen MR) is 90.3 cm³/mol. The number of aromatic nitrogens is 2. The van der Waals surface area contributed by atoms with Gasteiger partial charge in [0.15, 0.2) is 0 Å². The molecule has 0 atom stereocenters. The van der Waals surface area contributed by atoms with Crippen LogP contribution < -0.4 is 10.3 Å². The largest absolute Gasteiger partial charge is 0.496 e. The molecule has 2 aromatic carbocycles. The van der Waals surface area contributed by atoms with Crippen molar-refractivity contribution < 1.29 is 14.3 Å². The molecule has 0 radical (unpaired) electrons. The lowest BCUT2D eigenvalue weighted by Gasteiger charge is -2.08. The molecule has 24 heavy (non-hydrogen) atoms. The SMILES string of the molecule is CCOC(=O)c1ccc2nc(-c3ccccc3OC)[nH]c(=O)c2c1. The van der Waals surface area contributed by atoms with E-state index in [0.717, 1.165) is 0 Å². The molecule has 0 unspecified atom stereocenters. The Bertz CT molecular complexity index is 963. The topological polar surface area (TPSA) is 81.3 Å². The van der Waals surface area contributed by atoms with Gasteiger partial charge in [-0.2, -0.15) is 0 Å². The number of para-hydroxylation sites is 1. The van der Waals surface area contributed by atoms with Gasteiger partial charge in [-0.05, 0) is 37.3 Å². The van der Waals surface area contributed by atoms with Crippen LogP contribution >= 0.6 is 0 Å². The number of benzene rings is 2. The number of nitrogens with zero attached hydrogens (tertiary/aromatic N) is 1. The van der Waals surface area contributed by atoms with E-state index in [-0.39, 0.29) is 12.2 Å². The molecule has 0 spiro atoms. The van der Waals surface area contributed by atoms with E-state index in [1.807, 2.05) is 18.2 Å². The molecular formula is C18H16N2O4. The molecule has 0 aliphatic rings. The van der Waals surface area contributed by atoms with E-state index in [1.54, 1.807) is 32.2 Å². The highest BCUT2D eigenvalue weighted by Gasteiger charge is 2.13. The second-order valence-electron chi connectivity index (χ2n) is 5.07. The van der Waals surface area contributed by atoms with E-state index in [9.17, 15) is 9.59 Å². The Kier molecular flexibility index (Phi) is 4.29. The van der Waals surface area contributed by atoms with Crippen LogP contribution in [0.3, 0.4) is 0 Å². The summed E-state index contributed by atoms with van der Waals surface area (Å²) in [5.41, 5.74) is 1.18. The van der Waals surface area contributed by atoms with E-state index in [1.165, 1.54) is 6.07 Å². The lowest BCUT2D eigenvalue weighted by molar-refractivity contribution is 0.0526. The van der Waals surface area contributed by atoms with Crippen molar-refractivity contribution in [1.82, 2.24) is 9.97 Å². The van der Waals surface area contributed by atoms with E-state index in [0.29, 0.717) is 33.6 Å². The summed E-state index contributed by atoms with van der Waals surface area (Å²) in [6, 6.07) is 12.0. The monoisotopic (exact) mass is 324 g/mol. The average Bonchev–Trinajstić information content (AvgIpc) is 2.61. The zero-order valence-electron chi connectivity index (χ0n) is 13.3. The smallest absolute Gasteiger partial charge is 0.338 e. The van der Waals surface area contributed by atoms with Crippen LogP contribution in [-0.4, -0.2) is 29.7 Å². The molecule has 0 amide bonds. The molecule has 1 heterocycles. The van der Waals surface area contributed by atoms with Gasteiger partial charge in [-0.1, -0.05) is 12.1 Å². The number of aromatic amines is 1. The fraction of sp³-hybridized carbons (Fsp3) is 0.167. The normalized spacial score (nSPS) is 10.6. The van der Waals surface area contributed by atoms with Crippen LogP contribution in [0.15, 0.2) is 47.3 Å². The minimum Gasteiger partial charge on any atom is -0.496 e. The van der Waals surface area contributed by atoms with Gasteiger partial charge in [0.05, 0.1) is 35.7 Å². The molecule has 6 nitrogen and oxygen atoms in total. The highest BCUT2D eigenvalue weighted by Crippen LogP contribution is 2.27. The minimum absolute atomic E-state index is 0.276. The van der Waals surface area contributed by atoms with Crippen molar-refractivity contribution in [1.29, 1.82) is 0 Å². The molecule has 0 saturated heterocycles. The molecule has 0 fully saturated rings. The van der Waals surface area contributed by atoms with Crippen molar-refractivity contribution in [3.63, 3.8) is 0 Å². The fourth-order valence-electron chi connectivity index (χ4n) is 2.45. The maximum absolute atomic E-state index is 12.4. The molecule has 0 saturated carbocycles. The zero-order chi connectivity index (χ0) is 17.1. The maximum Gasteiger partial charge on any atom is 0.338 e. The Balaban J connectivity index is 2.13. The number of fused-ring (bicyclic) bond motifs is 1. The number of ether oxygens (including phenoxy) is 2. The second kappa shape index (κ2) is 6.54. The average molecular weight is 324 g/mol. The molecule has 1 N–H and O–H groups in total. The van der Waals surface area contributed by atoms with Crippen molar-refractivity contribution in [2.75, 3.05) is 13.7 Å². The van der Waals surface area contributed by atoms with Crippen molar-refractivity contribution in [3.8, 4) is 17.1 Å². The van der Waals surface area contributed by atoms with Gasteiger partial charge in [-0.25, -0.2) is 9.78 Å². The molecular weight excluding hydrogens is 308 g/mol. The third kappa shape index (κ3) is 2.86. The van der Waals surface area contributed by atoms with Gasteiger partial charge in [0.1, 0.15) is 11.6 Å². The molecule has 1 aromatic heterocycles. The first-order chi connectivity index (χ1) is 11.6. The lowest BCUT2D eigenvalue weighted by atomic mass is 10.1. The first-order valence-corrected chi connectivity index (χ1v) is 7.48. The number of methoxy groups -OCH3 is 1. The quantitative estimate of drug-likeness (QED) is 0.746. The Morgan fingerprint density at radius 2 is 2.00 bits per heavy atom. The van der Waals surface area contributed by atoms with Crippen molar-refractivity contribution in [2.45, 2.75) is 6.92 Å². The molecule has 0 aliphatic carbocycles. The minimum atomic E-state index is -0.465. The predicted octanol–water partition coefficient (Wildman–Crippen LogP) is 2.78. The number of carbonyl (C=O) groups excluding carboxylic acids is 1. The molecule has 3 rings (SSSR count). The second-order valence-corrected chi connectivity index (χ2v) is 5.07. The Labute approximate surface area is 138 Å². The van der Waals surface area contributed by atoms with Crippen molar-refractivity contribution in [2.24, 2.45) is 0 Å². The fourth-order valence-corrected chi connectivity index (χ4v) is 2.45. The number of esters is 1. The van der Waals surface area contributed by atoms with Gasteiger partial charge in [-0.3, -0.25) is 4.79 Å². The van der Waals surface area contributed by atoms with Crippen LogP contribution in [0.1, 0.15) is 17.3 Å². The Morgan fingerprint density at radius 3 is 2.75 bits per heavy atom. The summed E-state index contributed by atoms with van der Waals surface area (Å²) >= 11 is 0. The van der Waals surface area contributed by atoms with Gasteiger partial charge in [0.2, 0.25) is 0 Å². The molecule has 0 aliphatic heterocycles. The van der Waals surface area contributed by atoms with E-state index < -0.39 is 5.97 Å². The van der Waals surface area contributed by atoms with Gasteiger partial charge < -0.3 is 14.5 Å². The molecule has 3 aromatic rings. The van der Waals surface area contributed by atoms with Crippen molar-refractivity contribution in [3.05, 3.63) is 58.4 Å². The summed E-state index contributed by atoms with van der Waals surface area (Å²) in [5.74, 6) is 0.560. The number of hydrogen-bond donors (Lipinski definition) is 1. The number of rotatable bonds is 4. The first kappa shape index (κ1) is 15.7. The molecule has 6 heteroatoms. The first-order valence-electron chi connectivity index (χ1n) is 7.48. The van der Waals surface area contributed by atoms with Gasteiger partial charge in [0.25, 0.3) is 5.56 Å². The lowest BCUT2D eigenvalue weighted by Crippen LogP contribution is -2.12. The summed E-state index contributed by atoms with van der Waals surface area (Å²) in [6.07, 6.45) is 0. The van der Waals surface area contributed by atoms with E-state index in [2.05, 4.69) is 9.97 Å². The molecule has 122 valence electrons. The van der Waals surface area contributed by atoms with Crippen molar-refractivity contribution >= 4 is 16.9 Å². The molecule has 0 bridgehead atoms. The van der Waals surface area contributed by atoms with Crippen LogP contribution in [-0.2, 0) is 4.74 Å². The third-order valence-electron chi connectivity index (χ3n) is 3.58. The van der Waals surface area contributed by atoms with Crippen LogP contribution in [0.2, 0.25) is 0 Å². The highest BCUT2D eigenvalue weighted by molar-refractivity contribution is 5.94. The summed E-state index contributed by atoms with van der Waals surface area (Å²) < 4.78 is 10.3. The summed E-state index contributed by atoms with van der Waals surface area (Å²) in [7, 11) is 1.56. The third-order valence-corrected chi connectivity index (χ3v) is 3.58. The standard InChI is InChI=1S/C18H16N2O4/c1-3-24-18(22)11-8-9-14-13(10-11)17(21)20-16(19-14)12-6-4-5-7-15(12)23-2/h4-10H,3H2,1-2H3,(H,19,20,21).